The number of alkyl halides is 3. The molecule has 0 fully saturated rings. The molecule has 0 aliphatic heterocycles. The first-order valence-corrected chi connectivity index (χ1v) is 12.4. The van der Waals surface area contributed by atoms with Crippen LogP contribution in [0, 0.1) is 5.82 Å². The molecule has 1 unspecified atom stereocenters. The van der Waals surface area contributed by atoms with Gasteiger partial charge in [-0.15, -0.1) is 0 Å². The van der Waals surface area contributed by atoms with E-state index in [-0.39, 0.29) is 44.9 Å². The van der Waals surface area contributed by atoms with Crippen LogP contribution in [0.3, 0.4) is 0 Å². The Kier molecular flexibility index (Phi) is 12.8. The zero-order valence-electron chi connectivity index (χ0n) is 21.2. The molecule has 0 spiro atoms. The third-order valence-electron chi connectivity index (χ3n) is 5.52. The lowest BCUT2D eigenvalue weighted by Gasteiger charge is -2.22. The van der Waals surface area contributed by atoms with Crippen LogP contribution in [0.4, 0.5) is 22.4 Å². The number of nitrogens with zero attached hydrogens (tertiary/aromatic N) is 1. The van der Waals surface area contributed by atoms with Crippen molar-refractivity contribution in [3.8, 4) is 11.5 Å². The minimum absolute atomic E-state index is 0.0220. The third-order valence-corrected chi connectivity index (χ3v) is 5.52. The Balaban J connectivity index is 1.89. The lowest BCUT2D eigenvalue weighted by Crippen LogP contribution is -2.37. The molecule has 11 heteroatoms. The van der Waals surface area contributed by atoms with Crippen LogP contribution in [0.5, 0.6) is 11.5 Å². The van der Waals surface area contributed by atoms with Gasteiger partial charge in [-0.25, -0.2) is 14.0 Å². The highest BCUT2D eigenvalue weighted by molar-refractivity contribution is 5.72. The molecule has 0 aliphatic rings. The van der Waals surface area contributed by atoms with Crippen LogP contribution >= 0.6 is 0 Å². The number of ether oxygens (including phenoxy) is 3. The van der Waals surface area contributed by atoms with E-state index in [1.54, 1.807) is 31.2 Å². The van der Waals surface area contributed by atoms with Crippen LogP contribution < -0.4 is 9.47 Å². The van der Waals surface area contributed by atoms with Crippen molar-refractivity contribution in [3.63, 3.8) is 0 Å². The Hall–Kier alpha value is -3.34. The van der Waals surface area contributed by atoms with Gasteiger partial charge in [0.2, 0.25) is 0 Å². The van der Waals surface area contributed by atoms with E-state index in [2.05, 4.69) is 0 Å². The first kappa shape index (κ1) is 30.9. The maximum absolute atomic E-state index is 13.4. The molecule has 0 heterocycles. The summed E-state index contributed by atoms with van der Waals surface area (Å²) in [5.74, 6) is -1.07. The molecule has 1 atom stereocenters. The van der Waals surface area contributed by atoms with Gasteiger partial charge in [-0.05, 0) is 49.6 Å². The van der Waals surface area contributed by atoms with Crippen LogP contribution in [-0.2, 0) is 16.0 Å². The lowest BCUT2D eigenvalue weighted by molar-refractivity contribution is -0.150. The minimum Gasteiger partial charge on any atom is -0.492 e. The molecule has 0 aliphatic carbocycles. The molecule has 38 heavy (non-hydrogen) atoms. The molecule has 0 aromatic heterocycles. The number of unbranched alkanes of at least 4 members (excludes halogenated alkanes) is 3. The fraction of sp³-hybridized carbons (Fsp3) is 0.481. The van der Waals surface area contributed by atoms with E-state index in [0.717, 1.165) is 11.6 Å². The Labute approximate surface area is 219 Å². The first-order valence-electron chi connectivity index (χ1n) is 12.4. The van der Waals surface area contributed by atoms with Crippen molar-refractivity contribution < 1.29 is 46.5 Å². The lowest BCUT2D eigenvalue weighted by atomic mass is 10.1. The summed E-state index contributed by atoms with van der Waals surface area (Å²) in [6, 6.07) is 11.9. The third kappa shape index (κ3) is 12.3. The van der Waals surface area contributed by atoms with E-state index in [0.29, 0.717) is 25.0 Å². The van der Waals surface area contributed by atoms with Gasteiger partial charge >= 0.3 is 18.2 Å². The Morgan fingerprint density at radius 2 is 1.68 bits per heavy atom. The van der Waals surface area contributed by atoms with Crippen molar-refractivity contribution in [2.24, 2.45) is 0 Å². The summed E-state index contributed by atoms with van der Waals surface area (Å²) in [5, 5.41) is 9.22. The van der Waals surface area contributed by atoms with Crippen LogP contribution in [0.25, 0.3) is 0 Å². The highest BCUT2D eigenvalue weighted by atomic mass is 19.4. The maximum atomic E-state index is 13.4. The van der Waals surface area contributed by atoms with E-state index in [4.69, 9.17) is 14.2 Å². The van der Waals surface area contributed by atoms with Gasteiger partial charge in [-0.2, -0.15) is 13.2 Å². The summed E-state index contributed by atoms with van der Waals surface area (Å²) in [7, 11) is 0. The fourth-order valence-electron chi connectivity index (χ4n) is 3.60. The second kappa shape index (κ2) is 15.8. The van der Waals surface area contributed by atoms with E-state index >= 15 is 0 Å². The summed E-state index contributed by atoms with van der Waals surface area (Å²) < 4.78 is 66.6. The topological polar surface area (TPSA) is 85.3 Å². The van der Waals surface area contributed by atoms with Gasteiger partial charge in [0.1, 0.15) is 23.9 Å². The van der Waals surface area contributed by atoms with Crippen LogP contribution in [0.1, 0.15) is 44.6 Å². The Morgan fingerprint density at radius 3 is 2.32 bits per heavy atom. The number of carboxylic acid groups (broad SMARTS) is 1. The Morgan fingerprint density at radius 1 is 0.974 bits per heavy atom. The highest BCUT2D eigenvalue weighted by Crippen LogP contribution is 2.23. The first-order chi connectivity index (χ1) is 18.1. The molecule has 0 saturated heterocycles. The van der Waals surface area contributed by atoms with Crippen molar-refractivity contribution in [1.29, 1.82) is 0 Å². The largest absolute Gasteiger partial charge is 0.492 e. The van der Waals surface area contributed by atoms with Crippen molar-refractivity contribution in [2.75, 3.05) is 26.3 Å². The number of aliphatic carboxylic acids is 1. The van der Waals surface area contributed by atoms with Gasteiger partial charge in [0.25, 0.3) is 0 Å². The quantitative estimate of drug-likeness (QED) is 0.199. The van der Waals surface area contributed by atoms with Crippen LogP contribution in [0.2, 0.25) is 0 Å². The summed E-state index contributed by atoms with van der Waals surface area (Å²) >= 11 is 0. The maximum Gasteiger partial charge on any atom is 0.415 e. The molecule has 0 bridgehead atoms. The van der Waals surface area contributed by atoms with Gasteiger partial charge in [0, 0.05) is 32.1 Å². The Bertz CT molecular complexity index is 1000. The number of carbonyl (C=O) groups excluding carboxylic acids is 1. The number of halogens is 4. The number of amides is 1. The standard InChI is InChI=1S/C27H33F4NO6/c1-2-36-24(25(33)34)18-20-10-12-22(13-11-20)37-17-16-32(15-6-4-3-5-14-27(29,30)31)26(35)38-23-9-7-8-21(28)19-23/h7-13,19,24H,2-6,14-18H2,1H3,(H,33,34). The summed E-state index contributed by atoms with van der Waals surface area (Å²) in [4.78, 5) is 25.3. The SMILES string of the molecule is CCOC(Cc1ccc(OCCN(CCCCCCC(F)(F)F)C(=O)Oc2cccc(F)c2)cc1)C(=O)O. The second-order valence-corrected chi connectivity index (χ2v) is 8.57. The molecule has 2 aromatic carbocycles. The van der Waals surface area contributed by atoms with Gasteiger partial charge < -0.3 is 24.2 Å². The smallest absolute Gasteiger partial charge is 0.415 e. The summed E-state index contributed by atoms with van der Waals surface area (Å²) in [6.07, 6.45) is -5.12. The van der Waals surface area contributed by atoms with Crippen molar-refractivity contribution >= 4 is 12.1 Å². The molecular weight excluding hydrogens is 510 g/mol. The van der Waals surface area contributed by atoms with E-state index < -0.39 is 36.6 Å². The number of hydrogen-bond donors (Lipinski definition) is 1. The van der Waals surface area contributed by atoms with Crippen molar-refractivity contribution in [3.05, 3.63) is 59.9 Å². The second-order valence-electron chi connectivity index (χ2n) is 8.57. The van der Waals surface area contributed by atoms with Gasteiger partial charge in [0.15, 0.2) is 6.10 Å². The van der Waals surface area contributed by atoms with E-state index in [1.165, 1.54) is 23.1 Å². The van der Waals surface area contributed by atoms with Crippen LogP contribution in [0.15, 0.2) is 48.5 Å². The zero-order valence-corrected chi connectivity index (χ0v) is 21.2. The molecule has 0 radical (unpaired) electrons. The predicted molar refractivity (Wildman–Crippen MR) is 132 cm³/mol. The number of hydrogen-bond acceptors (Lipinski definition) is 5. The number of benzene rings is 2. The number of carbonyl (C=O) groups is 2. The fourth-order valence-corrected chi connectivity index (χ4v) is 3.60. The summed E-state index contributed by atoms with van der Waals surface area (Å²) in [5.41, 5.74) is 0.754. The normalized spacial score (nSPS) is 12.1. The van der Waals surface area contributed by atoms with E-state index in [1.807, 2.05) is 0 Å². The minimum atomic E-state index is -4.18. The summed E-state index contributed by atoms with van der Waals surface area (Å²) in [6.45, 7) is 2.46. The molecule has 7 nitrogen and oxygen atoms in total. The molecule has 2 rings (SSSR count). The number of rotatable bonds is 16. The van der Waals surface area contributed by atoms with Crippen molar-refractivity contribution in [1.82, 2.24) is 4.90 Å². The zero-order chi connectivity index (χ0) is 28.0. The molecule has 0 saturated carbocycles. The van der Waals surface area contributed by atoms with Crippen LogP contribution in [-0.4, -0.2) is 60.7 Å². The molecular formula is C27H33F4NO6. The monoisotopic (exact) mass is 543 g/mol. The molecule has 1 N–H and O–H groups in total. The average Bonchev–Trinajstić information content (AvgIpc) is 2.85. The van der Waals surface area contributed by atoms with Crippen molar-refractivity contribution in [2.45, 2.75) is 57.7 Å². The highest BCUT2D eigenvalue weighted by Gasteiger charge is 2.25. The molecule has 210 valence electrons. The van der Waals surface area contributed by atoms with Gasteiger partial charge in [-0.3, -0.25) is 0 Å². The predicted octanol–water partition coefficient (Wildman–Crippen LogP) is 6.25. The van der Waals surface area contributed by atoms with Gasteiger partial charge in [-0.1, -0.05) is 31.0 Å². The molecule has 2 aromatic rings. The molecule has 1 amide bonds. The average molecular weight is 544 g/mol. The van der Waals surface area contributed by atoms with Gasteiger partial charge in [0.05, 0.1) is 6.54 Å². The van der Waals surface area contributed by atoms with E-state index in [9.17, 15) is 32.3 Å². The number of carboxylic acids is 1.